The molecule has 0 aliphatic rings. The van der Waals surface area contributed by atoms with Crippen LogP contribution in [0.25, 0.3) is 66.8 Å². The van der Waals surface area contributed by atoms with Crippen molar-refractivity contribution in [1.29, 1.82) is 5.26 Å². The summed E-state index contributed by atoms with van der Waals surface area (Å²) >= 11 is 0. The van der Waals surface area contributed by atoms with Crippen LogP contribution in [0.4, 0.5) is 5.69 Å². The molecule has 8 aromatic carbocycles. The summed E-state index contributed by atoms with van der Waals surface area (Å²) in [5.74, 6) is 0.652. The van der Waals surface area contributed by atoms with Gasteiger partial charge in [0, 0.05) is 5.56 Å². The minimum absolute atomic E-state index is 0.380. The molecule has 53 heavy (non-hydrogen) atoms. The number of hydrogen-bond acceptors (Lipinski definition) is 3. The fourth-order valence-corrected chi connectivity index (χ4v) is 6.66. The lowest BCUT2D eigenvalue weighted by molar-refractivity contribution is 0.308. The molecular formula is C50H36N2O. The predicted octanol–water partition coefficient (Wildman–Crippen LogP) is 12.7. The normalized spacial score (nSPS) is 10.8. The number of nitrogen functional groups attached to an aromatic ring is 1. The first-order valence-electron chi connectivity index (χ1n) is 17.7. The van der Waals surface area contributed by atoms with Crippen molar-refractivity contribution in [2.24, 2.45) is 0 Å². The molecule has 0 unspecified atom stereocenters. The number of ether oxygens (including phenoxy) is 1. The summed E-state index contributed by atoms with van der Waals surface area (Å²) in [6, 6.07) is 69.0. The van der Waals surface area contributed by atoms with Crippen molar-refractivity contribution in [3.8, 4) is 78.6 Å². The van der Waals surface area contributed by atoms with Crippen molar-refractivity contribution in [3.05, 3.63) is 205 Å². The maximum atomic E-state index is 9.11. The molecule has 0 atom stereocenters. The van der Waals surface area contributed by atoms with Crippen molar-refractivity contribution in [1.82, 2.24) is 0 Å². The topological polar surface area (TPSA) is 59.0 Å². The number of hydrogen-bond donors (Lipinski definition) is 1. The van der Waals surface area contributed by atoms with Crippen LogP contribution in [0.3, 0.4) is 0 Å². The smallest absolute Gasteiger partial charge is 0.143 e. The van der Waals surface area contributed by atoms with Crippen molar-refractivity contribution in [3.63, 3.8) is 0 Å². The molecule has 2 N–H and O–H groups in total. The second kappa shape index (κ2) is 15.0. The largest absolute Gasteiger partial charge is 0.487 e. The van der Waals surface area contributed by atoms with Crippen LogP contribution >= 0.6 is 0 Å². The van der Waals surface area contributed by atoms with Gasteiger partial charge in [-0.25, -0.2) is 0 Å². The Hall–Kier alpha value is -7.15. The van der Waals surface area contributed by atoms with Gasteiger partial charge in [-0.1, -0.05) is 170 Å². The summed E-state index contributed by atoms with van der Waals surface area (Å²) in [6.45, 7) is 0.380. The van der Waals surface area contributed by atoms with E-state index in [1.807, 2.05) is 36.4 Å². The zero-order chi connectivity index (χ0) is 36.0. The van der Waals surface area contributed by atoms with Gasteiger partial charge in [0.25, 0.3) is 0 Å². The second-order valence-corrected chi connectivity index (χ2v) is 13.1. The average molecular weight is 681 g/mol. The van der Waals surface area contributed by atoms with Gasteiger partial charge in [-0.15, -0.1) is 0 Å². The van der Waals surface area contributed by atoms with Gasteiger partial charge >= 0.3 is 0 Å². The van der Waals surface area contributed by atoms with E-state index < -0.39 is 0 Å². The molecule has 0 aliphatic heterocycles. The van der Waals surface area contributed by atoms with Crippen molar-refractivity contribution >= 4 is 5.69 Å². The monoisotopic (exact) mass is 680 g/mol. The fourth-order valence-electron chi connectivity index (χ4n) is 6.66. The summed E-state index contributed by atoms with van der Waals surface area (Å²) < 4.78 is 6.51. The maximum Gasteiger partial charge on any atom is 0.143 e. The Balaban J connectivity index is 1.05. The van der Waals surface area contributed by atoms with E-state index in [9.17, 15) is 0 Å². The molecule has 0 saturated heterocycles. The summed E-state index contributed by atoms with van der Waals surface area (Å²) in [4.78, 5) is 0. The number of rotatable bonds is 9. The summed E-state index contributed by atoms with van der Waals surface area (Å²) in [7, 11) is 0. The molecule has 0 aromatic heterocycles. The lowest BCUT2D eigenvalue weighted by Gasteiger charge is -2.17. The van der Waals surface area contributed by atoms with Gasteiger partial charge in [-0.2, -0.15) is 5.26 Å². The lowest BCUT2D eigenvalue weighted by Crippen LogP contribution is -2.01. The second-order valence-electron chi connectivity index (χ2n) is 13.1. The van der Waals surface area contributed by atoms with Crippen LogP contribution in [0.15, 0.2) is 194 Å². The molecule has 0 radical (unpaired) electrons. The molecule has 8 aromatic rings. The van der Waals surface area contributed by atoms with Crippen molar-refractivity contribution < 1.29 is 4.74 Å². The third kappa shape index (κ3) is 7.35. The van der Waals surface area contributed by atoms with E-state index in [4.69, 9.17) is 15.7 Å². The summed E-state index contributed by atoms with van der Waals surface area (Å²) in [5, 5.41) is 9.11. The number of anilines is 1. The molecule has 3 heteroatoms. The highest BCUT2D eigenvalue weighted by molar-refractivity contribution is 5.87. The Morgan fingerprint density at radius 2 is 0.755 bits per heavy atom. The van der Waals surface area contributed by atoms with Crippen LogP contribution in [-0.2, 0) is 6.61 Å². The predicted molar refractivity (Wildman–Crippen MR) is 219 cm³/mol. The number of benzene rings is 8. The number of nitrogens with zero attached hydrogens (tertiary/aromatic N) is 1. The van der Waals surface area contributed by atoms with Crippen LogP contribution in [0.5, 0.6) is 5.75 Å². The highest BCUT2D eigenvalue weighted by Gasteiger charge is 2.14. The molecular weight excluding hydrogens is 645 g/mol. The van der Waals surface area contributed by atoms with Crippen LogP contribution in [-0.4, -0.2) is 0 Å². The molecule has 0 spiro atoms. The Labute approximate surface area is 310 Å². The molecule has 8 rings (SSSR count). The maximum absolute atomic E-state index is 9.11. The third-order valence-corrected chi connectivity index (χ3v) is 9.68. The zero-order valence-electron chi connectivity index (χ0n) is 29.1. The van der Waals surface area contributed by atoms with Gasteiger partial charge < -0.3 is 10.5 Å². The average Bonchev–Trinajstić information content (AvgIpc) is 3.24. The van der Waals surface area contributed by atoms with Crippen LogP contribution in [0.2, 0.25) is 0 Å². The zero-order valence-corrected chi connectivity index (χ0v) is 29.1. The first-order chi connectivity index (χ1) is 26.1. The first-order valence-corrected chi connectivity index (χ1v) is 17.7. The van der Waals surface area contributed by atoms with Gasteiger partial charge in [0.15, 0.2) is 0 Å². The SMILES string of the molecule is N#Cc1ccc(-c2ccc(-c3ccc(COc4cc(-c5ccc(-c6ccccc6)cc5)cc(-c5ccc(-c6ccccc6)cc5)c4N)cc3)cc2)cc1. The van der Waals surface area contributed by atoms with Gasteiger partial charge in [-0.05, 0) is 91.0 Å². The highest BCUT2D eigenvalue weighted by Crippen LogP contribution is 2.40. The van der Waals surface area contributed by atoms with E-state index in [0.717, 1.165) is 55.6 Å². The molecule has 0 amide bonds. The highest BCUT2D eigenvalue weighted by atomic mass is 16.5. The Morgan fingerprint density at radius 1 is 0.396 bits per heavy atom. The van der Waals surface area contributed by atoms with Gasteiger partial charge in [-0.3, -0.25) is 0 Å². The third-order valence-electron chi connectivity index (χ3n) is 9.68. The lowest BCUT2D eigenvalue weighted by atomic mass is 9.94. The standard InChI is InChI=1S/C50H36N2O/c51-33-35-11-15-39(16-12-35)43-19-21-44(22-20-43)40-17-13-36(14-18-40)34-53-49-32-47(45-25-23-41(24-26-45)37-7-3-1-4-8-37)31-48(50(49)52)46-29-27-42(28-30-46)38-9-5-2-6-10-38/h1-32H,34,52H2. The van der Waals surface area contributed by atoms with E-state index in [-0.39, 0.29) is 0 Å². The molecule has 252 valence electrons. The van der Waals surface area contributed by atoms with E-state index in [1.54, 1.807) is 0 Å². The quantitative estimate of drug-likeness (QED) is 0.154. The molecule has 3 nitrogen and oxygen atoms in total. The molecule has 0 heterocycles. The van der Waals surface area contributed by atoms with E-state index in [1.165, 1.54) is 16.7 Å². The Kier molecular flexibility index (Phi) is 9.34. The van der Waals surface area contributed by atoms with Crippen LogP contribution in [0.1, 0.15) is 11.1 Å². The van der Waals surface area contributed by atoms with E-state index in [2.05, 4.69) is 164 Å². The van der Waals surface area contributed by atoms with Crippen LogP contribution in [0, 0.1) is 11.3 Å². The molecule has 0 aliphatic carbocycles. The first kappa shape index (κ1) is 33.0. The van der Waals surface area contributed by atoms with Gasteiger partial charge in [0.1, 0.15) is 12.4 Å². The fraction of sp³-hybridized carbons (Fsp3) is 0.0200. The Morgan fingerprint density at radius 3 is 1.19 bits per heavy atom. The molecule has 0 saturated carbocycles. The van der Waals surface area contributed by atoms with Crippen molar-refractivity contribution in [2.45, 2.75) is 6.61 Å². The van der Waals surface area contributed by atoms with E-state index >= 15 is 0 Å². The number of nitriles is 1. The number of nitrogens with two attached hydrogens (primary N) is 1. The summed E-state index contributed by atoms with van der Waals surface area (Å²) in [6.07, 6.45) is 0. The minimum Gasteiger partial charge on any atom is -0.487 e. The summed E-state index contributed by atoms with van der Waals surface area (Å²) in [5.41, 5.74) is 22.5. The van der Waals surface area contributed by atoms with Crippen LogP contribution < -0.4 is 10.5 Å². The Bertz CT molecular complexity index is 2500. The molecule has 0 bridgehead atoms. The minimum atomic E-state index is 0.380. The molecule has 0 fully saturated rings. The van der Waals surface area contributed by atoms with E-state index in [0.29, 0.717) is 23.6 Å². The van der Waals surface area contributed by atoms with Crippen molar-refractivity contribution in [2.75, 3.05) is 5.73 Å². The van der Waals surface area contributed by atoms with Gasteiger partial charge in [0.2, 0.25) is 0 Å². The van der Waals surface area contributed by atoms with Gasteiger partial charge in [0.05, 0.1) is 17.3 Å².